The highest BCUT2D eigenvalue weighted by Gasteiger charge is 2.18. The highest BCUT2D eigenvalue weighted by Crippen LogP contribution is 2.33. The lowest BCUT2D eigenvalue weighted by Crippen LogP contribution is -2.46. The summed E-state index contributed by atoms with van der Waals surface area (Å²) in [7, 11) is 0. The lowest BCUT2D eigenvalue weighted by Gasteiger charge is -2.35. The zero-order chi connectivity index (χ0) is 22.8. The van der Waals surface area contributed by atoms with Crippen LogP contribution in [0.25, 0.3) is 11.8 Å². The average molecular weight is 534 g/mol. The number of aromatic nitrogens is 2. The highest BCUT2D eigenvalue weighted by molar-refractivity contribution is 6.40. The molecular weight excluding hydrogens is 512 g/mol. The minimum absolute atomic E-state index is 0. The predicted molar refractivity (Wildman–Crippen MR) is 135 cm³/mol. The van der Waals surface area contributed by atoms with Gasteiger partial charge in [-0.05, 0) is 31.2 Å². The Kier molecular flexibility index (Phi) is 8.65. The van der Waals surface area contributed by atoms with Crippen LogP contribution in [0.1, 0.15) is 11.3 Å². The van der Waals surface area contributed by atoms with Gasteiger partial charge in [0.1, 0.15) is 17.3 Å². The number of nitrogens with zero attached hydrogens (tertiary/aromatic N) is 4. The van der Waals surface area contributed by atoms with Gasteiger partial charge >= 0.3 is 0 Å². The minimum Gasteiger partial charge on any atom is -0.369 e. The maximum Gasteiger partial charge on any atom is 0.128 e. The number of hydrogen-bond acceptors (Lipinski definition) is 3. The Bertz CT molecular complexity index is 1110. The van der Waals surface area contributed by atoms with Crippen LogP contribution < -0.4 is 4.90 Å². The first kappa shape index (κ1) is 25.8. The maximum atomic E-state index is 13.5. The number of halogens is 6. The Morgan fingerprint density at radius 3 is 2.15 bits per heavy atom. The molecule has 0 amide bonds. The molecule has 1 fully saturated rings. The van der Waals surface area contributed by atoms with Crippen molar-refractivity contribution in [3.63, 3.8) is 0 Å². The second-order valence-electron chi connectivity index (χ2n) is 7.63. The maximum absolute atomic E-state index is 13.5. The summed E-state index contributed by atoms with van der Waals surface area (Å²) in [5.74, 6) is -1.11. The Morgan fingerprint density at radius 2 is 1.55 bits per heavy atom. The van der Waals surface area contributed by atoms with Crippen molar-refractivity contribution >= 4 is 59.0 Å². The van der Waals surface area contributed by atoms with Crippen LogP contribution in [-0.2, 0) is 0 Å². The summed E-state index contributed by atoms with van der Waals surface area (Å²) in [4.78, 5) is 4.29. The largest absolute Gasteiger partial charge is 0.369 e. The molecule has 1 aliphatic rings. The van der Waals surface area contributed by atoms with Crippen LogP contribution in [0.3, 0.4) is 0 Å². The van der Waals surface area contributed by atoms with E-state index in [1.54, 1.807) is 23.0 Å². The van der Waals surface area contributed by atoms with Gasteiger partial charge in [0.2, 0.25) is 0 Å². The molecule has 2 heterocycles. The predicted octanol–water partition coefficient (Wildman–Crippen LogP) is 6.68. The van der Waals surface area contributed by atoms with E-state index in [4.69, 9.17) is 34.8 Å². The lowest BCUT2D eigenvalue weighted by molar-refractivity contribution is 0.284. The van der Waals surface area contributed by atoms with Crippen molar-refractivity contribution < 1.29 is 8.78 Å². The molecule has 0 bridgehead atoms. The Morgan fingerprint density at radius 1 is 0.939 bits per heavy atom. The summed E-state index contributed by atoms with van der Waals surface area (Å²) in [6.07, 6.45) is 5.87. The van der Waals surface area contributed by atoms with Crippen LogP contribution in [-0.4, -0.2) is 47.4 Å². The number of benzene rings is 2. The molecule has 10 heteroatoms. The van der Waals surface area contributed by atoms with Gasteiger partial charge in [0.25, 0.3) is 0 Å². The summed E-state index contributed by atoms with van der Waals surface area (Å²) >= 11 is 18.7. The molecule has 0 saturated carbocycles. The van der Waals surface area contributed by atoms with Gasteiger partial charge < -0.3 is 4.90 Å². The van der Waals surface area contributed by atoms with Crippen molar-refractivity contribution in [2.45, 2.75) is 6.92 Å². The molecule has 1 aromatic heterocycles. The smallest absolute Gasteiger partial charge is 0.128 e. The Labute approximate surface area is 212 Å². The molecule has 0 radical (unpaired) electrons. The van der Waals surface area contributed by atoms with Gasteiger partial charge in [-0.15, -0.1) is 12.4 Å². The van der Waals surface area contributed by atoms with E-state index in [9.17, 15) is 8.78 Å². The standard InChI is InChI=1S/C23H21Cl3F2N4.ClH/c1-15-16(14-29-32(15)23-21(25)9-17(24)10-22(23)26)3-2-4-30-5-7-31(8-6-30)20-12-18(27)11-19(28)13-20;/h2-3,9-14H,4-8H2,1H3;1H/b3-2+;. The van der Waals surface area contributed by atoms with E-state index in [0.29, 0.717) is 39.5 Å². The summed E-state index contributed by atoms with van der Waals surface area (Å²) in [5.41, 5.74) is 3.05. The average Bonchev–Trinajstić information content (AvgIpc) is 3.07. The van der Waals surface area contributed by atoms with Crippen LogP contribution >= 0.6 is 47.2 Å². The van der Waals surface area contributed by atoms with Crippen LogP contribution in [0.2, 0.25) is 15.1 Å². The quantitative estimate of drug-likeness (QED) is 0.365. The monoisotopic (exact) mass is 532 g/mol. The number of hydrogen-bond donors (Lipinski definition) is 0. The molecule has 4 nitrogen and oxygen atoms in total. The highest BCUT2D eigenvalue weighted by atomic mass is 35.5. The van der Waals surface area contributed by atoms with Crippen molar-refractivity contribution in [3.05, 3.63) is 80.6 Å². The Hall–Kier alpha value is -1.83. The molecule has 4 rings (SSSR count). The molecule has 2 aromatic carbocycles. The van der Waals surface area contributed by atoms with Crippen molar-refractivity contribution in [1.29, 1.82) is 0 Å². The molecule has 1 saturated heterocycles. The molecule has 0 N–H and O–H groups in total. The molecule has 0 atom stereocenters. The third kappa shape index (κ3) is 6.00. The number of anilines is 1. The fourth-order valence-corrected chi connectivity index (χ4v) is 4.76. The van der Waals surface area contributed by atoms with Crippen LogP contribution in [0.15, 0.2) is 42.6 Å². The molecule has 1 aliphatic heterocycles. The van der Waals surface area contributed by atoms with Gasteiger partial charge in [0.05, 0.1) is 16.2 Å². The van der Waals surface area contributed by atoms with Crippen molar-refractivity contribution in [1.82, 2.24) is 14.7 Å². The molecular formula is C23H22Cl4F2N4. The lowest BCUT2D eigenvalue weighted by atomic mass is 10.2. The summed E-state index contributed by atoms with van der Waals surface area (Å²) in [6, 6.07) is 6.91. The molecule has 3 aromatic rings. The zero-order valence-electron chi connectivity index (χ0n) is 17.7. The van der Waals surface area contributed by atoms with Gasteiger partial charge in [0, 0.05) is 60.8 Å². The van der Waals surface area contributed by atoms with Crippen LogP contribution in [0, 0.1) is 18.6 Å². The SMILES string of the molecule is Cc1c(/C=C/CN2CCN(c3cc(F)cc(F)c3)CC2)cnn1-c1c(Cl)cc(Cl)cc1Cl.Cl. The van der Waals surface area contributed by atoms with Gasteiger partial charge in [-0.3, -0.25) is 4.90 Å². The first-order valence-electron chi connectivity index (χ1n) is 10.1. The summed E-state index contributed by atoms with van der Waals surface area (Å²) in [5, 5.41) is 5.76. The minimum atomic E-state index is -0.553. The van der Waals surface area contributed by atoms with E-state index in [1.165, 1.54) is 12.1 Å². The molecule has 0 unspecified atom stereocenters. The topological polar surface area (TPSA) is 24.3 Å². The van der Waals surface area contributed by atoms with Gasteiger partial charge in [-0.1, -0.05) is 47.0 Å². The van der Waals surface area contributed by atoms with E-state index in [-0.39, 0.29) is 12.4 Å². The second kappa shape index (κ2) is 11.1. The Balaban J connectivity index is 0.00000306. The first-order valence-corrected chi connectivity index (χ1v) is 11.2. The fourth-order valence-electron chi connectivity index (χ4n) is 3.79. The third-order valence-corrected chi connectivity index (χ3v) is 6.28. The summed E-state index contributed by atoms with van der Waals surface area (Å²) < 4.78 is 28.7. The van der Waals surface area contributed by atoms with Gasteiger partial charge in [0.15, 0.2) is 0 Å². The molecule has 33 heavy (non-hydrogen) atoms. The van der Waals surface area contributed by atoms with E-state index in [2.05, 4.69) is 16.1 Å². The fraction of sp³-hybridized carbons (Fsp3) is 0.261. The number of rotatable bonds is 5. The number of piperazine rings is 1. The normalized spacial score (nSPS) is 14.7. The summed E-state index contributed by atoms with van der Waals surface area (Å²) in [6.45, 7) is 5.74. The third-order valence-electron chi connectivity index (χ3n) is 5.49. The van der Waals surface area contributed by atoms with Gasteiger partial charge in [-0.2, -0.15) is 5.10 Å². The first-order chi connectivity index (χ1) is 15.3. The van der Waals surface area contributed by atoms with E-state index in [1.807, 2.05) is 17.9 Å². The van der Waals surface area contributed by atoms with Crippen molar-refractivity contribution in [2.75, 3.05) is 37.6 Å². The molecule has 0 aliphatic carbocycles. The van der Waals surface area contributed by atoms with E-state index in [0.717, 1.165) is 37.0 Å². The second-order valence-corrected chi connectivity index (χ2v) is 8.88. The van der Waals surface area contributed by atoms with Crippen molar-refractivity contribution in [2.24, 2.45) is 0 Å². The van der Waals surface area contributed by atoms with Crippen molar-refractivity contribution in [3.8, 4) is 5.69 Å². The van der Waals surface area contributed by atoms with Gasteiger partial charge in [-0.25, -0.2) is 13.5 Å². The van der Waals surface area contributed by atoms with E-state index >= 15 is 0 Å². The zero-order valence-corrected chi connectivity index (χ0v) is 20.8. The van der Waals surface area contributed by atoms with Crippen LogP contribution in [0.5, 0.6) is 0 Å². The molecule has 0 spiro atoms. The molecule has 176 valence electrons. The van der Waals surface area contributed by atoms with E-state index < -0.39 is 11.6 Å². The van der Waals surface area contributed by atoms with Crippen LogP contribution in [0.4, 0.5) is 14.5 Å².